The second kappa shape index (κ2) is 5.12. The van der Waals surface area contributed by atoms with Crippen LogP contribution in [0.25, 0.3) is 0 Å². The van der Waals surface area contributed by atoms with E-state index in [0.29, 0.717) is 11.6 Å². The smallest absolute Gasteiger partial charge is 0.256 e. The highest BCUT2D eigenvalue weighted by Gasteiger charge is 2.16. The van der Waals surface area contributed by atoms with Crippen LogP contribution >= 0.6 is 11.6 Å². The van der Waals surface area contributed by atoms with E-state index < -0.39 is 11.7 Å². The molecule has 0 radical (unpaired) electrons. The Bertz CT molecular complexity index is 431. The first-order valence-electron chi connectivity index (χ1n) is 4.76. The summed E-state index contributed by atoms with van der Waals surface area (Å²) in [4.78, 5) is 13.2. The third-order valence-corrected chi connectivity index (χ3v) is 2.25. The molecule has 1 rings (SSSR count). The summed E-state index contributed by atoms with van der Waals surface area (Å²) in [7, 11) is 1.59. The minimum absolute atomic E-state index is 0.0174. The van der Waals surface area contributed by atoms with Crippen molar-refractivity contribution in [1.82, 2.24) is 4.90 Å². The van der Waals surface area contributed by atoms with Gasteiger partial charge in [0.05, 0.1) is 5.56 Å². The van der Waals surface area contributed by atoms with Gasteiger partial charge in [0.25, 0.3) is 5.91 Å². The monoisotopic (exact) mass is 241 g/mol. The van der Waals surface area contributed by atoms with Crippen molar-refractivity contribution in [2.24, 2.45) is 0 Å². The zero-order valence-electron chi connectivity index (χ0n) is 9.26. The van der Waals surface area contributed by atoms with Crippen LogP contribution in [0.3, 0.4) is 0 Å². The average molecular weight is 242 g/mol. The summed E-state index contributed by atoms with van der Waals surface area (Å²) in [5.41, 5.74) is 0.814. The highest BCUT2D eigenvalue weighted by Crippen LogP contribution is 2.16. The van der Waals surface area contributed by atoms with Crippen molar-refractivity contribution in [3.05, 3.63) is 46.8 Å². The lowest BCUT2D eigenvalue weighted by molar-refractivity contribution is 0.0802. The molecule has 0 aliphatic rings. The van der Waals surface area contributed by atoms with E-state index in [1.165, 1.54) is 23.1 Å². The van der Waals surface area contributed by atoms with Crippen LogP contribution in [0.5, 0.6) is 0 Å². The van der Waals surface area contributed by atoms with Gasteiger partial charge in [0.15, 0.2) is 0 Å². The molecule has 86 valence electrons. The standard InChI is InChI=1S/C12H13ClFNO/c1-8(2)7-15(3)12(16)10-6-9(13)4-5-11(10)14/h4-6H,1,7H2,2-3H3. The van der Waals surface area contributed by atoms with Gasteiger partial charge in [0.2, 0.25) is 0 Å². The van der Waals surface area contributed by atoms with Gasteiger partial charge in [0, 0.05) is 18.6 Å². The summed E-state index contributed by atoms with van der Waals surface area (Å²) in [5, 5.41) is 0.341. The number of benzene rings is 1. The largest absolute Gasteiger partial charge is 0.338 e. The first-order valence-corrected chi connectivity index (χ1v) is 5.14. The Morgan fingerprint density at radius 2 is 2.19 bits per heavy atom. The number of hydrogen-bond acceptors (Lipinski definition) is 1. The molecule has 0 fully saturated rings. The second-order valence-electron chi connectivity index (χ2n) is 3.74. The van der Waals surface area contributed by atoms with Crippen LogP contribution in [0.4, 0.5) is 4.39 Å². The summed E-state index contributed by atoms with van der Waals surface area (Å²) in [6, 6.07) is 3.92. The molecule has 0 unspecified atom stereocenters. The highest BCUT2D eigenvalue weighted by atomic mass is 35.5. The molecule has 0 aliphatic heterocycles. The molecule has 1 amide bonds. The Hall–Kier alpha value is -1.35. The van der Waals surface area contributed by atoms with Crippen LogP contribution in [0.15, 0.2) is 30.4 Å². The lowest BCUT2D eigenvalue weighted by atomic mass is 10.2. The summed E-state index contributed by atoms with van der Waals surface area (Å²) in [5.74, 6) is -0.967. The van der Waals surface area contributed by atoms with Crippen molar-refractivity contribution < 1.29 is 9.18 Å². The zero-order chi connectivity index (χ0) is 12.3. The topological polar surface area (TPSA) is 20.3 Å². The molecule has 2 nitrogen and oxygen atoms in total. The molecular formula is C12H13ClFNO. The van der Waals surface area contributed by atoms with Gasteiger partial charge in [-0.2, -0.15) is 0 Å². The number of amides is 1. The molecule has 1 aromatic carbocycles. The number of carbonyl (C=O) groups excluding carboxylic acids is 1. The van der Waals surface area contributed by atoms with Gasteiger partial charge in [-0.25, -0.2) is 4.39 Å². The maximum atomic E-state index is 13.4. The van der Waals surface area contributed by atoms with E-state index in [-0.39, 0.29) is 5.56 Å². The minimum Gasteiger partial charge on any atom is -0.338 e. The Balaban J connectivity index is 2.95. The molecule has 0 atom stereocenters. The molecule has 0 saturated carbocycles. The molecule has 0 spiro atoms. The Kier molecular flexibility index (Phi) is 4.07. The summed E-state index contributed by atoms with van der Waals surface area (Å²) < 4.78 is 13.4. The fourth-order valence-corrected chi connectivity index (χ4v) is 1.52. The van der Waals surface area contributed by atoms with E-state index in [4.69, 9.17) is 11.6 Å². The molecular weight excluding hydrogens is 229 g/mol. The normalized spacial score (nSPS) is 10.0. The van der Waals surface area contributed by atoms with Crippen molar-refractivity contribution >= 4 is 17.5 Å². The van der Waals surface area contributed by atoms with Gasteiger partial charge >= 0.3 is 0 Å². The fraction of sp³-hybridized carbons (Fsp3) is 0.250. The molecule has 0 heterocycles. The average Bonchev–Trinajstić information content (AvgIpc) is 2.19. The first-order chi connectivity index (χ1) is 7.41. The van der Waals surface area contributed by atoms with Gasteiger partial charge < -0.3 is 4.90 Å². The van der Waals surface area contributed by atoms with Crippen molar-refractivity contribution in [3.63, 3.8) is 0 Å². The summed E-state index contributed by atoms with van der Waals surface area (Å²) in [6.07, 6.45) is 0. The van der Waals surface area contributed by atoms with E-state index in [1.807, 2.05) is 0 Å². The predicted octanol–water partition coefficient (Wildman–Crippen LogP) is 3.13. The molecule has 0 aromatic heterocycles. The Morgan fingerprint density at radius 3 is 2.75 bits per heavy atom. The maximum absolute atomic E-state index is 13.4. The number of carbonyl (C=O) groups is 1. The van der Waals surface area contributed by atoms with Gasteiger partial charge in [-0.1, -0.05) is 23.8 Å². The quantitative estimate of drug-likeness (QED) is 0.745. The van der Waals surface area contributed by atoms with E-state index in [1.54, 1.807) is 14.0 Å². The van der Waals surface area contributed by atoms with Crippen LogP contribution < -0.4 is 0 Å². The molecule has 16 heavy (non-hydrogen) atoms. The van der Waals surface area contributed by atoms with Crippen molar-refractivity contribution in [2.45, 2.75) is 6.92 Å². The predicted molar refractivity (Wildman–Crippen MR) is 63.2 cm³/mol. The third-order valence-electron chi connectivity index (χ3n) is 2.01. The van der Waals surface area contributed by atoms with Crippen LogP contribution in [-0.2, 0) is 0 Å². The molecule has 0 saturated heterocycles. The summed E-state index contributed by atoms with van der Waals surface area (Å²) >= 11 is 5.72. The van der Waals surface area contributed by atoms with Crippen molar-refractivity contribution in [1.29, 1.82) is 0 Å². The SMILES string of the molecule is C=C(C)CN(C)C(=O)c1cc(Cl)ccc1F. The molecule has 0 N–H and O–H groups in total. The number of rotatable bonds is 3. The molecule has 0 aliphatic carbocycles. The lowest BCUT2D eigenvalue weighted by Crippen LogP contribution is -2.28. The van der Waals surface area contributed by atoms with E-state index in [0.717, 1.165) is 5.57 Å². The Morgan fingerprint density at radius 1 is 1.56 bits per heavy atom. The van der Waals surface area contributed by atoms with Gasteiger partial charge in [-0.3, -0.25) is 4.79 Å². The van der Waals surface area contributed by atoms with Crippen LogP contribution in [0.2, 0.25) is 5.02 Å². The van der Waals surface area contributed by atoms with Crippen LogP contribution in [0.1, 0.15) is 17.3 Å². The molecule has 4 heteroatoms. The van der Waals surface area contributed by atoms with Gasteiger partial charge in [-0.15, -0.1) is 0 Å². The third kappa shape index (κ3) is 3.07. The lowest BCUT2D eigenvalue weighted by Gasteiger charge is -2.17. The van der Waals surface area contributed by atoms with E-state index in [2.05, 4.69) is 6.58 Å². The van der Waals surface area contributed by atoms with Gasteiger partial charge in [0.1, 0.15) is 5.82 Å². The van der Waals surface area contributed by atoms with Crippen molar-refractivity contribution in [2.75, 3.05) is 13.6 Å². The number of nitrogens with zero attached hydrogens (tertiary/aromatic N) is 1. The molecule has 1 aromatic rings. The van der Waals surface area contributed by atoms with Crippen LogP contribution in [-0.4, -0.2) is 24.4 Å². The number of likely N-dealkylation sites (N-methyl/N-ethyl adjacent to an activating group) is 1. The zero-order valence-corrected chi connectivity index (χ0v) is 10.0. The maximum Gasteiger partial charge on any atom is 0.256 e. The van der Waals surface area contributed by atoms with E-state index >= 15 is 0 Å². The number of hydrogen-bond donors (Lipinski definition) is 0. The fourth-order valence-electron chi connectivity index (χ4n) is 1.34. The first kappa shape index (κ1) is 12.7. The summed E-state index contributed by atoms with van der Waals surface area (Å²) in [6.45, 7) is 5.89. The second-order valence-corrected chi connectivity index (χ2v) is 4.18. The van der Waals surface area contributed by atoms with Crippen LogP contribution in [0, 0.1) is 5.82 Å². The minimum atomic E-state index is -0.567. The van der Waals surface area contributed by atoms with Gasteiger partial charge in [-0.05, 0) is 25.1 Å². The number of halogens is 2. The highest BCUT2D eigenvalue weighted by molar-refractivity contribution is 6.30. The van der Waals surface area contributed by atoms with Crippen molar-refractivity contribution in [3.8, 4) is 0 Å². The Labute approximate surface area is 99.3 Å². The molecule has 0 bridgehead atoms. The van der Waals surface area contributed by atoms with E-state index in [9.17, 15) is 9.18 Å².